The number of likely N-dealkylation sites (tertiary alicyclic amines) is 1. The van der Waals surface area contributed by atoms with E-state index in [4.69, 9.17) is 4.74 Å². The van der Waals surface area contributed by atoms with E-state index in [1.54, 1.807) is 7.11 Å². The maximum Gasteiger partial charge on any atom is 0.142 e. The summed E-state index contributed by atoms with van der Waals surface area (Å²) in [6.45, 7) is 7.97. The smallest absolute Gasteiger partial charge is 0.142 e. The first-order chi connectivity index (χ1) is 9.55. The predicted molar refractivity (Wildman–Crippen MR) is 83.9 cm³/mol. The number of methoxy groups -OCH3 is 1. The van der Waals surface area contributed by atoms with E-state index in [-0.39, 0.29) is 0 Å². The van der Waals surface area contributed by atoms with E-state index in [1.807, 2.05) is 0 Å². The van der Waals surface area contributed by atoms with E-state index < -0.39 is 0 Å². The first kappa shape index (κ1) is 13.7. The summed E-state index contributed by atoms with van der Waals surface area (Å²) in [6, 6.07) is 6.67. The Balaban J connectivity index is 1.79. The summed E-state index contributed by atoms with van der Waals surface area (Å²) in [4.78, 5) is 5.00. The highest BCUT2D eigenvalue weighted by atomic mass is 16.5. The summed E-state index contributed by atoms with van der Waals surface area (Å²) in [5.41, 5.74) is 3.03. The van der Waals surface area contributed by atoms with Gasteiger partial charge in [0.25, 0.3) is 0 Å². The molecule has 110 valence electrons. The van der Waals surface area contributed by atoms with E-state index in [9.17, 15) is 0 Å². The molecule has 0 bridgehead atoms. The Bertz CT molecular complexity index is 492. The van der Waals surface area contributed by atoms with Gasteiger partial charge in [-0.3, -0.25) is 4.90 Å². The molecule has 0 atom stereocenters. The minimum Gasteiger partial charge on any atom is -0.495 e. The van der Waals surface area contributed by atoms with Gasteiger partial charge in [0.15, 0.2) is 0 Å². The van der Waals surface area contributed by atoms with Gasteiger partial charge >= 0.3 is 0 Å². The van der Waals surface area contributed by atoms with Gasteiger partial charge in [-0.1, -0.05) is 19.9 Å². The zero-order valence-electron chi connectivity index (χ0n) is 13.1. The largest absolute Gasteiger partial charge is 0.495 e. The van der Waals surface area contributed by atoms with Gasteiger partial charge in [0, 0.05) is 13.1 Å². The molecule has 20 heavy (non-hydrogen) atoms. The van der Waals surface area contributed by atoms with Crippen molar-refractivity contribution in [1.29, 1.82) is 0 Å². The van der Waals surface area contributed by atoms with Crippen molar-refractivity contribution in [2.24, 2.45) is 0 Å². The predicted octanol–water partition coefficient (Wildman–Crippen LogP) is 3.10. The van der Waals surface area contributed by atoms with Crippen molar-refractivity contribution in [2.75, 3.05) is 38.7 Å². The Hall–Kier alpha value is -1.22. The Morgan fingerprint density at radius 3 is 2.55 bits per heavy atom. The third-order valence-corrected chi connectivity index (χ3v) is 5.13. The van der Waals surface area contributed by atoms with Crippen LogP contribution in [0, 0.1) is 0 Å². The summed E-state index contributed by atoms with van der Waals surface area (Å²) in [6.07, 6.45) is 2.68. The summed E-state index contributed by atoms with van der Waals surface area (Å²) in [5, 5.41) is 0. The van der Waals surface area contributed by atoms with Crippen LogP contribution in [0.5, 0.6) is 5.75 Å². The zero-order chi connectivity index (χ0) is 14.3. The molecule has 3 nitrogen and oxygen atoms in total. The number of likely N-dealkylation sites (N-methyl/N-ethyl adjacent to an activating group) is 1. The lowest BCUT2D eigenvalue weighted by Gasteiger charge is -2.53. The standard InChI is InChI=1S/C17H26N2O/c1-13(2)14-6-7-15(16(10-14)20-4)19-11-17(12-19)8-5-9-18(17)3/h6-7,10,13H,5,8-9,11-12H2,1-4H3. The first-order valence-electron chi connectivity index (χ1n) is 7.70. The highest BCUT2D eigenvalue weighted by Gasteiger charge is 2.49. The van der Waals surface area contributed by atoms with Gasteiger partial charge < -0.3 is 9.64 Å². The Morgan fingerprint density at radius 1 is 1.25 bits per heavy atom. The van der Waals surface area contributed by atoms with E-state index in [0.717, 1.165) is 18.8 Å². The molecule has 0 unspecified atom stereocenters. The average molecular weight is 274 g/mol. The molecule has 3 rings (SSSR count). The minimum atomic E-state index is 0.432. The lowest BCUT2D eigenvalue weighted by molar-refractivity contribution is 0.132. The summed E-state index contributed by atoms with van der Waals surface area (Å²) in [5.74, 6) is 1.56. The SMILES string of the molecule is COc1cc(C(C)C)ccc1N1CC2(CCCN2C)C1. The normalized spacial score (nSPS) is 21.6. The van der Waals surface area contributed by atoms with Gasteiger partial charge in [0.2, 0.25) is 0 Å². The molecule has 1 aromatic carbocycles. The fraction of sp³-hybridized carbons (Fsp3) is 0.647. The van der Waals surface area contributed by atoms with Gasteiger partial charge in [-0.15, -0.1) is 0 Å². The topological polar surface area (TPSA) is 15.7 Å². The van der Waals surface area contributed by atoms with Crippen molar-refractivity contribution < 1.29 is 4.74 Å². The number of ether oxygens (including phenoxy) is 1. The summed E-state index contributed by atoms with van der Waals surface area (Å²) in [7, 11) is 4.05. The van der Waals surface area contributed by atoms with E-state index >= 15 is 0 Å². The number of hydrogen-bond acceptors (Lipinski definition) is 3. The molecule has 0 saturated carbocycles. The van der Waals surface area contributed by atoms with Crippen molar-refractivity contribution in [3.05, 3.63) is 23.8 Å². The van der Waals surface area contributed by atoms with Crippen LogP contribution in [0.3, 0.4) is 0 Å². The lowest BCUT2D eigenvalue weighted by Crippen LogP contribution is -2.67. The van der Waals surface area contributed by atoms with Gasteiger partial charge in [-0.2, -0.15) is 0 Å². The molecule has 1 spiro atoms. The van der Waals surface area contributed by atoms with Crippen LogP contribution in [0.25, 0.3) is 0 Å². The maximum absolute atomic E-state index is 5.62. The van der Waals surface area contributed by atoms with Crippen LogP contribution in [0.15, 0.2) is 18.2 Å². The number of anilines is 1. The van der Waals surface area contributed by atoms with Crippen LogP contribution in [-0.4, -0.2) is 44.2 Å². The fourth-order valence-electron chi connectivity index (χ4n) is 3.62. The summed E-state index contributed by atoms with van der Waals surface area (Å²) < 4.78 is 5.62. The van der Waals surface area contributed by atoms with Gasteiger partial charge in [-0.05, 0) is 50.0 Å². The number of benzene rings is 1. The number of rotatable bonds is 3. The second kappa shape index (κ2) is 4.96. The van der Waals surface area contributed by atoms with Crippen LogP contribution in [-0.2, 0) is 0 Å². The first-order valence-corrected chi connectivity index (χ1v) is 7.70. The molecule has 2 saturated heterocycles. The van der Waals surface area contributed by atoms with Gasteiger partial charge in [0.1, 0.15) is 5.75 Å². The number of hydrogen-bond donors (Lipinski definition) is 0. The zero-order valence-corrected chi connectivity index (χ0v) is 13.1. The monoisotopic (exact) mass is 274 g/mol. The molecule has 0 aliphatic carbocycles. The maximum atomic E-state index is 5.62. The van der Waals surface area contributed by atoms with E-state index in [2.05, 4.69) is 48.9 Å². The number of nitrogens with zero attached hydrogens (tertiary/aromatic N) is 2. The average Bonchev–Trinajstić information content (AvgIpc) is 2.78. The van der Waals surface area contributed by atoms with Crippen LogP contribution < -0.4 is 9.64 Å². The van der Waals surface area contributed by atoms with Crippen molar-refractivity contribution in [3.63, 3.8) is 0 Å². The molecular weight excluding hydrogens is 248 g/mol. The molecule has 2 fully saturated rings. The molecule has 2 aliphatic heterocycles. The molecule has 2 aliphatic rings. The summed E-state index contributed by atoms with van der Waals surface area (Å²) >= 11 is 0. The molecule has 0 radical (unpaired) electrons. The highest BCUT2D eigenvalue weighted by molar-refractivity contribution is 5.62. The molecule has 1 aromatic rings. The molecular formula is C17H26N2O. The third-order valence-electron chi connectivity index (χ3n) is 5.13. The third kappa shape index (κ3) is 2.08. The Kier molecular flexibility index (Phi) is 3.41. The highest BCUT2D eigenvalue weighted by Crippen LogP contribution is 2.42. The Morgan fingerprint density at radius 2 is 2.00 bits per heavy atom. The van der Waals surface area contributed by atoms with Crippen molar-refractivity contribution in [3.8, 4) is 5.75 Å². The second-order valence-electron chi connectivity index (χ2n) is 6.69. The molecule has 0 amide bonds. The fourth-order valence-corrected chi connectivity index (χ4v) is 3.62. The second-order valence-corrected chi connectivity index (χ2v) is 6.69. The quantitative estimate of drug-likeness (QED) is 0.842. The van der Waals surface area contributed by atoms with E-state index in [0.29, 0.717) is 11.5 Å². The Labute approximate surface area is 122 Å². The van der Waals surface area contributed by atoms with Crippen LogP contribution in [0.4, 0.5) is 5.69 Å². The van der Waals surface area contributed by atoms with Crippen LogP contribution >= 0.6 is 0 Å². The van der Waals surface area contributed by atoms with Crippen molar-refractivity contribution in [2.45, 2.75) is 38.1 Å². The van der Waals surface area contributed by atoms with Gasteiger partial charge in [0.05, 0.1) is 18.3 Å². The molecule has 3 heteroatoms. The lowest BCUT2D eigenvalue weighted by atomic mass is 9.86. The van der Waals surface area contributed by atoms with Crippen LogP contribution in [0.1, 0.15) is 38.2 Å². The molecule has 2 heterocycles. The van der Waals surface area contributed by atoms with Gasteiger partial charge in [-0.25, -0.2) is 0 Å². The minimum absolute atomic E-state index is 0.432. The van der Waals surface area contributed by atoms with E-state index in [1.165, 1.54) is 30.6 Å². The van der Waals surface area contributed by atoms with Crippen molar-refractivity contribution >= 4 is 5.69 Å². The molecule has 0 N–H and O–H groups in total. The molecule has 0 aromatic heterocycles. The van der Waals surface area contributed by atoms with Crippen molar-refractivity contribution in [1.82, 2.24) is 4.90 Å². The van der Waals surface area contributed by atoms with Crippen LogP contribution in [0.2, 0.25) is 0 Å².